The van der Waals surface area contributed by atoms with Crippen LogP contribution in [0.4, 0.5) is 14.5 Å². The number of ether oxygens (including phenoxy) is 1. The number of carbonyl (C=O) groups is 2. The number of benzene rings is 2. The molecule has 1 N–H and O–H groups in total. The van der Waals surface area contributed by atoms with Crippen molar-refractivity contribution in [3.8, 4) is 0 Å². The molecule has 0 aliphatic heterocycles. The quantitative estimate of drug-likeness (QED) is 0.660. The van der Waals surface area contributed by atoms with Crippen LogP contribution in [0.1, 0.15) is 25.0 Å². The number of anilines is 1. The summed E-state index contributed by atoms with van der Waals surface area (Å²) in [7, 11) is 0. The van der Waals surface area contributed by atoms with Crippen molar-refractivity contribution < 1.29 is 23.1 Å². The zero-order valence-electron chi connectivity index (χ0n) is 13.8. The van der Waals surface area contributed by atoms with Crippen LogP contribution in [0.5, 0.6) is 0 Å². The molecule has 4 nitrogen and oxygen atoms in total. The van der Waals surface area contributed by atoms with Crippen molar-refractivity contribution in [2.45, 2.75) is 13.8 Å². The molecule has 0 radical (unpaired) electrons. The molecule has 0 bridgehead atoms. The summed E-state index contributed by atoms with van der Waals surface area (Å²) < 4.78 is 31.7. The number of rotatable bonds is 5. The topological polar surface area (TPSA) is 55.4 Å². The molecule has 2 rings (SSSR count). The molecular weight excluding hydrogens is 328 g/mol. The van der Waals surface area contributed by atoms with Gasteiger partial charge < -0.3 is 10.1 Å². The van der Waals surface area contributed by atoms with E-state index in [1.807, 2.05) is 0 Å². The maximum absolute atomic E-state index is 13.6. The molecule has 2 aromatic rings. The summed E-state index contributed by atoms with van der Waals surface area (Å²) in [5.74, 6) is -1.95. The lowest BCUT2D eigenvalue weighted by atomic mass is 9.95. The Bertz CT molecular complexity index is 814. The molecule has 0 aromatic heterocycles. The maximum Gasteiger partial charge on any atom is 0.331 e. The van der Waals surface area contributed by atoms with Crippen LogP contribution in [0, 0.1) is 11.6 Å². The van der Waals surface area contributed by atoms with Gasteiger partial charge in [0.05, 0.1) is 12.3 Å². The van der Waals surface area contributed by atoms with Crippen molar-refractivity contribution in [3.63, 3.8) is 0 Å². The first-order valence-corrected chi connectivity index (χ1v) is 7.62. The molecular formula is C19H17F2NO3. The van der Waals surface area contributed by atoms with Crippen LogP contribution in [0.15, 0.2) is 48.5 Å². The van der Waals surface area contributed by atoms with Crippen molar-refractivity contribution in [2.24, 2.45) is 0 Å². The summed E-state index contributed by atoms with van der Waals surface area (Å²) in [6.07, 6.45) is 1.23. The highest BCUT2D eigenvalue weighted by Gasteiger charge is 2.14. The SMILES string of the molecule is CCOC(=O)/C=C(\c1ccc(F)cc1)c1ccc(F)cc1NC(C)=O. The summed E-state index contributed by atoms with van der Waals surface area (Å²) in [4.78, 5) is 23.3. The van der Waals surface area contributed by atoms with E-state index in [2.05, 4.69) is 5.32 Å². The molecule has 0 aliphatic rings. The third kappa shape index (κ3) is 4.97. The van der Waals surface area contributed by atoms with Crippen molar-refractivity contribution in [3.05, 3.63) is 71.3 Å². The molecule has 0 spiro atoms. The largest absolute Gasteiger partial charge is 0.463 e. The molecule has 0 saturated heterocycles. The first-order chi connectivity index (χ1) is 11.9. The average molecular weight is 345 g/mol. The van der Waals surface area contributed by atoms with Crippen molar-refractivity contribution in [1.29, 1.82) is 0 Å². The minimum absolute atomic E-state index is 0.188. The predicted octanol–water partition coefficient (Wildman–Crippen LogP) is 3.92. The number of carbonyl (C=O) groups excluding carboxylic acids is 2. The fourth-order valence-corrected chi connectivity index (χ4v) is 2.29. The van der Waals surface area contributed by atoms with Crippen LogP contribution in [0.25, 0.3) is 5.57 Å². The molecule has 0 aliphatic carbocycles. The van der Waals surface area contributed by atoms with E-state index >= 15 is 0 Å². The van der Waals surface area contributed by atoms with Gasteiger partial charge in [-0.25, -0.2) is 13.6 Å². The van der Waals surface area contributed by atoms with Gasteiger partial charge in [0, 0.05) is 18.6 Å². The molecule has 1 amide bonds. The summed E-state index contributed by atoms with van der Waals surface area (Å²) in [6.45, 7) is 3.15. The smallest absolute Gasteiger partial charge is 0.331 e. The standard InChI is InChI=1S/C19H17F2NO3/c1-3-25-19(24)11-17(13-4-6-14(20)7-5-13)16-9-8-15(21)10-18(16)22-12(2)23/h4-11H,3H2,1-2H3,(H,22,23)/b17-11+. The first-order valence-electron chi connectivity index (χ1n) is 7.62. The molecule has 6 heteroatoms. The van der Waals surface area contributed by atoms with E-state index in [9.17, 15) is 18.4 Å². The molecule has 25 heavy (non-hydrogen) atoms. The van der Waals surface area contributed by atoms with E-state index in [1.165, 1.54) is 49.4 Å². The van der Waals surface area contributed by atoms with E-state index in [-0.39, 0.29) is 18.2 Å². The summed E-state index contributed by atoms with van der Waals surface area (Å²) in [5, 5.41) is 2.54. The molecule has 0 heterocycles. The van der Waals surface area contributed by atoms with Crippen LogP contribution in [-0.2, 0) is 14.3 Å². The highest BCUT2D eigenvalue weighted by atomic mass is 19.1. The Labute approximate surface area is 144 Å². The van der Waals surface area contributed by atoms with Gasteiger partial charge in [0.15, 0.2) is 0 Å². The lowest BCUT2D eigenvalue weighted by Crippen LogP contribution is -2.09. The second kappa shape index (κ2) is 8.19. The Morgan fingerprint density at radius 1 is 1.08 bits per heavy atom. The average Bonchev–Trinajstić information content (AvgIpc) is 2.54. The second-order valence-corrected chi connectivity index (χ2v) is 5.19. The zero-order chi connectivity index (χ0) is 18.4. The molecule has 0 atom stereocenters. The van der Waals surface area contributed by atoms with Crippen LogP contribution < -0.4 is 5.32 Å². The van der Waals surface area contributed by atoms with Gasteiger partial charge in [-0.2, -0.15) is 0 Å². The number of halogens is 2. The van der Waals surface area contributed by atoms with E-state index in [0.717, 1.165) is 6.07 Å². The lowest BCUT2D eigenvalue weighted by Gasteiger charge is -2.14. The molecule has 0 fully saturated rings. The van der Waals surface area contributed by atoms with Crippen LogP contribution in [0.2, 0.25) is 0 Å². The highest BCUT2D eigenvalue weighted by Crippen LogP contribution is 2.30. The van der Waals surface area contributed by atoms with Crippen LogP contribution >= 0.6 is 0 Å². The van der Waals surface area contributed by atoms with Gasteiger partial charge in [0.25, 0.3) is 0 Å². The molecule has 0 unspecified atom stereocenters. The van der Waals surface area contributed by atoms with E-state index < -0.39 is 17.6 Å². The van der Waals surface area contributed by atoms with Gasteiger partial charge in [-0.15, -0.1) is 0 Å². The third-order valence-electron chi connectivity index (χ3n) is 3.29. The van der Waals surface area contributed by atoms with Gasteiger partial charge in [-0.05, 0) is 48.4 Å². The lowest BCUT2D eigenvalue weighted by molar-refractivity contribution is -0.137. The van der Waals surface area contributed by atoms with Gasteiger partial charge in [0.2, 0.25) is 5.91 Å². The number of hydrogen-bond donors (Lipinski definition) is 1. The summed E-state index contributed by atoms with van der Waals surface area (Å²) in [6, 6.07) is 9.27. The Balaban J connectivity index is 2.61. The second-order valence-electron chi connectivity index (χ2n) is 5.19. The third-order valence-corrected chi connectivity index (χ3v) is 3.29. The van der Waals surface area contributed by atoms with Gasteiger partial charge in [-0.3, -0.25) is 4.79 Å². The molecule has 130 valence electrons. The van der Waals surface area contributed by atoms with E-state index in [4.69, 9.17) is 4.74 Å². The van der Waals surface area contributed by atoms with Crippen molar-refractivity contribution >= 4 is 23.1 Å². The maximum atomic E-state index is 13.6. The Hall–Kier alpha value is -3.02. The van der Waals surface area contributed by atoms with Crippen molar-refractivity contribution in [2.75, 3.05) is 11.9 Å². The molecule has 2 aromatic carbocycles. The number of esters is 1. The Morgan fingerprint density at radius 3 is 2.32 bits per heavy atom. The Morgan fingerprint density at radius 2 is 1.72 bits per heavy atom. The minimum Gasteiger partial charge on any atom is -0.463 e. The predicted molar refractivity (Wildman–Crippen MR) is 90.8 cm³/mol. The van der Waals surface area contributed by atoms with Crippen LogP contribution in [-0.4, -0.2) is 18.5 Å². The van der Waals surface area contributed by atoms with E-state index in [1.54, 1.807) is 6.92 Å². The monoisotopic (exact) mass is 345 g/mol. The van der Waals surface area contributed by atoms with Gasteiger partial charge >= 0.3 is 5.97 Å². The van der Waals surface area contributed by atoms with Crippen molar-refractivity contribution in [1.82, 2.24) is 0 Å². The number of amides is 1. The molecule has 0 saturated carbocycles. The van der Waals surface area contributed by atoms with Crippen LogP contribution in [0.3, 0.4) is 0 Å². The number of hydrogen-bond acceptors (Lipinski definition) is 3. The summed E-state index contributed by atoms with van der Waals surface area (Å²) in [5.41, 5.74) is 1.51. The fraction of sp³-hybridized carbons (Fsp3) is 0.158. The zero-order valence-corrected chi connectivity index (χ0v) is 13.8. The summed E-state index contributed by atoms with van der Waals surface area (Å²) >= 11 is 0. The van der Waals surface area contributed by atoms with Gasteiger partial charge in [0.1, 0.15) is 11.6 Å². The number of nitrogens with one attached hydrogen (secondary N) is 1. The fourth-order valence-electron chi connectivity index (χ4n) is 2.29. The highest BCUT2D eigenvalue weighted by molar-refractivity contribution is 6.01. The minimum atomic E-state index is -0.597. The normalized spacial score (nSPS) is 11.1. The Kier molecular flexibility index (Phi) is 6.00. The van der Waals surface area contributed by atoms with Gasteiger partial charge in [-0.1, -0.05) is 12.1 Å². The first kappa shape index (κ1) is 18.3. The van der Waals surface area contributed by atoms with E-state index in [0.29, 0.717) is 16.7 Å².